The normalized spacial score (nSPS) is 16.2. The molecule has 1 N–H and O–H groups in total. The predicted octanol–water partition coefficient (Wildman–Crippen LogP) is 4.01. The summed E-state index contributed by atoms with van der Waals surface area (Å²) in [5, 5.41) is 3.53. The van der Waals surface area contributed by atoms with E-state index in [4.69, 9.17) is 16.3 Å². The second-order valence-corrected chi connectivity index (χ2v) is 6.25. The van der Waals surface area contributed by atoms with Crippen LogP contribution >= 0.6 is 11.6 Å². The number of para-hydroxylation sites is 2. The first-order chi connectivity index (χ1) is 12.2. The van der Waals surface area contributed by atoms with Crippen LogP contribution < -0.4 is 10.1 Å². The van der Waals surface area contributed by atoms with Gasteiger partial charge in [-0.15, -0.1) is 0 Å². The molecular weight excluding hydrogens is 338 g/mol. The summed E-state index contributed by atoms with van der Waals surface area (Å²) < 4.78 is 7.29. The van der Waals surface area contributed by atoms with Crippen molar-refractivity contribution < 1.29 is 9.53 Å². The number of hydrogen-bond donors (Lipinski definition) is 1. The lowest BCUT2D eigenvalue weighted by Gasteiger charge is -2.24. The molecule has 0 spiro atoms. The summed E-state index contributed by atoms with van der Waals surface area (Å²) in [6.45, 7) is 0. The number of amides is 1. The SMILES string of the molecule is COc1ccccc1[C@H]1CC(=O)Nc2c1ncn2-c1ccccc1Cl. The molecule has 1 aromatic heterocycles. The molecule has 0 saturated heterocycles. The molecule has 0 saturated carbocycles. The number of halogens is 1. The number of nitrogens with one attached hydrogen (secondary N) is 1. The van der Waals surface area contributed by atoms with Crippen molar-refractivity contribution in [1.82, 2.24) is 9.55 Å². The fraction of sp³-hybridized carbons (Fsp3) is 0.158. The molecule has 1 amide bonds. The minimum Gasteiger partial charge on any atom is -0.496 e. The van der Waals surface area contributed by atoms with Gasteiger partial charge in [-0.2, -0.15) is 0 Å². The summed E-state index contributed by atoms with van der Waals surface area (Å²) in [6, 6.07) is 15.2. The maximum absolute atomic E-state index is 12.3. The molecule has 5 nitrogen and oxygen atoms in total. The molecule has 0 unspecified atom stereocenters. The molecule has 2 heterocycles. The largest absolute Gasteiger partial charge is 0.496 e. The number of nitrogens with zero attached hydrogens (tertiary/aromatic N) is 2. The summed E-state index contributed by atoms with van der Waals surface area (Å²) in [5.41, 5.74) is 2.54. The number of anilines is 1. The van der Waals surface area contributed by atoms with E-state index in [0.29, 0.717) is 17.3 Å². The third-order valence-electron chi connectivity index (χ3n) is 4.40. The number of aromatic nitrogens is 2. The summed E-state index contributed by atoms with van der Waals surface area (Å²) in [5.74, 6) is 1.18. The molecule has 4 rings (SSSR count). The van der Waals surface area contributed by atoms with Crippen molar-refractivity contribution in [3.63, 3.8) is 0 Å². The van der Waals surface area contributed by atoms with Gasteiger partial charge in [-0.3, -0.25) is 9.36 Å². The van der Waals surface area contributed by atoms with Crippen LogP contribution in [-0.2, 0) is 4.79 Å². The van der Waals surface area contributed by atoms with Gasteiger partial charge in [-0.05, 0) is 18.2 Å². The molecule has 1 aliphatic heterocycles. The van der Waals surface area contributed by atoms with E-state index in [2.05, 4.69) is 10.3 Å². The second-order valence-electron chi connectivity index (χ2n) is 5.85. The molecule has 3 aromatic rings. The van der Waals surface area contributed by atoms with E-state index in [1.165, 1.54) is 0 Å². The Morgan fingerprint density at radius 1 is 1.20 bits per heavy atom. The molecule has 126 valence electrons. The van der Waals surface area contributed by atoms with E-state index in [0.717, 1.165) is 22.7 Å². The van der Waals surface area contributed by atoms with Crippen LogP contribution in [-0.4, -0.2) is 22.6 Å². The summed E-state index contributed by atoms with van der Waals surface area (Å²) >= 11 is 6.31. The van der Waals surface area contributed by atoms with Gasteiger partial charge in [0.15, 0.2) is 0 Å². The lowest BCUT2D eigenvalue weighted by Crippen LogP contribution is -2.25. The monoisotopic (exact) mass is 353 g/mol. The maximum atomic E-state index is 12.3. The fourth-order valence-corrected chi connectivity index (χ4v) is 3.47. The van der Waals surface area contributed by atoms with E-state index in [-0.39, 0.29) is 11.8 Å². The van der Waals surface area contributed by atoms with Crippen molar-refractivity contribution >= 4 is 23.3 Å². The lowest BCUT2D eigenvalue weighted by molar-refractivity contribution is -0.116. The van der Waals surface area contributed by atoms with Gasteiger partial charge in [-0.25, -0.2) is 4.98 Å². The molecule has 1 aliphatic rings. The Balaban J connectivity index is 1.86. The van der Waals surface area contributed by atoms with Crippen LogP contribution in [0.15, 0.2) is 54.9 Å². The quantitative estimate of drug-likeness (QED) is 0.774. The number of hydrogen-bond acceptors (Lipinski definition) is 3. The zero-order valence-corrected chi connectivity index (χ0v) is 14.3. The number of methoxy groups -OCH3 is 1. The van der Waals surface area contributed by atoms with Crippen molar-refractivity contribution in [2.45, 2.75) is 12.3 Å². The molecule has 0 fully saturated rings. The highest BCUT2D eigenvalue weighted by molar-refractivity contribution is 6.32. The van der Waals surface area contributed by atoms with Crippen LogP contribution in [0.1, 0.15) is 23.6 Å². The maximum Gasteiger partial charge on any atom is 0.226 e. The zero-order valence-electron chi connectivity index (χ0n) is 13.6. The average Bonchev–Trinajstić information content (AvgIpc) is 3.05. The van der Waals surface area contributed by atoms with Crippen LogP contribution in [0.25, 0.3) is 5.69 Å². The van der Waals surface area contributed by atoms with Gasteiger partial charge in [0, 0.05) is 17.9 Å². The number of rotatable bonds is 3. The van der Waals surface area contributed by atoms with E-state index >= 15 is 0 Å². The van der Waals surface area contributed by atoms with Crippen LogP contribution in [0.3, 0.4) is 0 Å². The Morgan fingerprint density at radius 3 is 2.76 bits per heavy atom. The lowest BCUT2D eigenvalue weighted by atomic mass is 9.89. The Morgan fingerprint density at radius 2 is 1.96 bits per heavy atom. The highest BCUT2D eigenvalue weighted by atomic mass is 35.5. The van der Waals surface area contributed by atoms with Crippen LogP contribution in [0.4, 0.5) is 5.82 Å². The third kappa shape index (κ3) is 2.66. The Hall–Kier alpha value is -2.79. The molecule has 2 aromatic carbocycles. The van der Waals surface area contributed by atoms with Crippen molar-refractivity contribution in [2.24, 2.45) is 0 Å². The van der Waals surface area contributed by atoms with Crippen LogP contribution in [0.5, 0.6) is 5.75 Å². The first kappa shape index (κ1) is 15.7. The zero-order chi connectivity index (χ0) is 17.4. The minimum atomic E-state index is -0.163. The van der Waals surface area contributed by atoms with E-state index in [1.54, 1.807) is 13.4 Å². The van der Waals surface area contributed by atoms with E-state index < -0.39 is 0 Å². The predicted molar refractivity (Wildman–Crippen MR) is 96.7 cm³/mol. The summed E-state index contributed by atoms with van der Waals surface area (Å²) in [6.07, 6.45) is 2.02. The number of imidazole rings is 1. The van der Waals surface area contributed by atoms with Gasteiger partial charge in [0.05, 0.1) is 23.5 Å². The van der Waals surface area contributed by atoms with Crippen molar-refractivity contribution in [2.75, 3.05) is 12.4 Å². The molecule has 6 heteroatoms. The number of carbonyl (C=O) groups excluding carboxylic acids is 1. The first-order valence-electron chi connectivity index (χ1n) is 7.94. The van der Waals surface area contributed by atoms with E-state index in [1.807, 2.05) is 53.1 Å². The van der Waals surface area contributed by atoms with E-state index in [9.17, 15) is 4.79 Å². The molecule has 25 heavy (non-hydrogen) atoms. The van der Waals surface area contributed by atoms with Gasteiger partial charge in [-0.1, -0.05) is 41.9 Å². The topological polar surface area (TPSA) is 56.1 Å². The van der Waals surface area contributed by atoms with Gasteiger partial charge in [0.2, 0.25) is 5.91 Å². The van der Waals surface area contributed by atoms with Gasteiger partial charge in [0.1, 0.15) is 17.9 Å². The fourth-order valence-electron chi connectivity index (χ4n) is 3.25. The highest BCUT2D eigenvalue weighted by Crippen LogP contribution is 2.41. The van der Waals surface area contributed by atoms with Gasteiger partial charge >= 0.3 is 0 Å². The number of benzene rings is 2. The number of carbonyl (C=O) groups is 1. The summed E-state index contributed by atoms with van der Waals surface area (Å²) in [7, 11) is 1.63. The molecule has 1 atom stereocenters. The number of ether oxygens (including phenoxy) is 1. The molecular formula is C19H16ClN3O2. The second kappa shape index (κ2) is 6.26. The molecule has 0 radical (unpaired) electrons. The number of fused-ring (bicyclic) bond motifs is 1. The Kier molecular flexibility index (Phi) is 3.93. The minimum absolute atomic E-state index is 0.0581. The van der Waals surface area contributed by atoms with Gasteiger partial charge < -0.3 is 10.1 Å². The van der Waals surface area contributed by atoms with Crippen LogP contribution in [0, 0.1) is 0 Å². The smallest absolute Gasteiger partial charge is 0.226 e. The standard InChI is InChI=1S/C19H16ClN3O2/c1-25-16-9-5-2-6-12(16)13-10-17(24)22-19-18(13)21-11-23(19)15-8-4-3-7-14(15)20/h2-9,11,13H,10H2,1H3,(H,22,24)/t13-/m1/s1. The Bertz CT molecular complexity index is 951. The molecule has 0 aliphatic carbocycles. The Labute approximate surface area is 150 Å². The first-order valence-corrected chi connectivity index (χ1v) is 8.31. The third-order valence-corrected chi connectivity index (χ3v) is 4.72. The summed E-state index contributed by atoms with van der Waals surface area (Å²) in [4.78, 5) is 16.9. The van der Waals surface area contributed by atoms with Crippen molar-refractivity contribution in [3.05, 3.63) is 71.1 Å². The van der Waals surface area contributed by atoms with Crippen molar-refractivity contribution in [1.29, 1.82) is 0 Å². The molecule has 0 bridgehead atoms. The van der Waals surface area contributed by atoms with Gasteiger partial charge in [0.25, 0.3) is 0 Å². The van der Waals surface area contributed by atoms with Crippen LogP contribution in [0.2, 0.25) is 5.02 Å². The average molecular weight is 354 g/mol. The highest BCUT2D eigenvalue weighted by Gasteiger charge is 2.32. The van der Waals surface area contributed by atoms with Crippen molar-refractivity contribution in [3.8, 4) is 11.4 Å².